The SMILES string of the molecule is [C-]#[N+]C(C)(C)Nc1ccc(CCC2(C(=O)NC)CCC2)cc1.[C-]#[N+]c1ccc(N2C(=O)C(C)(C)N(c3ccc(CCC4(C(=O)NC)CCC4)cc3)C2=S)c(F)c1C.[C-]#[N+]c1ccc(N=C=S)c(F)c1C. The highest BCUT2D eigenvalue weighted by Gasteiger charge is 2.51. The Hall–Kier alpha value is -6.89. The molecule has 0 unspecified atom stereocenters. The van der Waals surface area contributed by atoms with Crippen LogP contribution < -0.4 is 25.8 Å². The van der Waals surface area contributed by atoms with E-state index in [9.17, 15) is 18.8 Å². The Labute approximate surface area is 421 Å². The minimum Gasteiger partial charge on any atom is -0.359 e. The first-order chi connectivity index (χ1) is 33.2. The number of carbonyl (C=O) groups excluding carboxylic acids is 3. The van der Waals surface area contributed by atoms with E-state index in [0.717, 1.165) is 81.1 Å². The van der Waals surface area contributed by atoms with Crippen molar-refractivity contribution in [2.75, 3.05) is 29.2 Å². The molecule has 12 nitrogen and oxygen atoms in total. The number of aryl methyl sites for hydroxylation is 2. The monoisotopic (exact) mass is 983 g/mol. The summed E-state index contributed by atoms with van der Waals surface area (Å²) in [5.41, 5.74) is 3.18. The van der Waals surface area contributed by atoms with E-state index < -0.39 is 22.8 Å². The number of carbonyl (C=O) groups is 3. The molecular weight excluding hydrogens is 925 g/mol. The molecule has 70 heavy (non-hydrogen) atoms. The average molecular weight is 984 g/mol. The Balaban J connectivity index is 0.000000221. The molecule has 1 saturated heterocycles. The van der Waals surface area contributed by atoms with Crippen LogP contribution in [0.2, 0.25) is 0 Å². The van der Waals surface area contributed by atoms with Gasteiger partial charge in [-0.2, -0.15) is 4.99 Å². The molecule has 1 heterocycles. The van der Waals surface area contributed by atoms with Gasteiger partial charge < -0.3 is 20.9 Å². The van der Waals surface area contributed by atoms with Crippen molar-refractivity contribution in [3.05, 3.63) is 141 Å². The fourth-order valence-corrected chi connectivity index (χ4v) is 9.56. The van der Waals surface area contributed by atoms with Crippen molar-refractivity contribution in [3.63, 3.8) is 0 Å². The van der Waals surface area contributed by atoms with Crippen LogP contribution in [-0.4, -0.2) is 53.3 Å². The van der Waals surface area contributed by atoms with Crippen molar-refractivity contribution >= 4 is 86.6 Å². The number of hydrogen-bond donors (Lipinski definition) is 3. The predicted octanol–water partition coefficient (Wildman–Crippen LogP) is 12.5. The molecule has 0 atom stereocenters. The molecule has 2 saturated carbocycles. The Morgan fingerprint density at radius 1 is 0.771 bits per heavy atom. The molecule has 2 aliphatic carbocycles. The summed E-state index contributed by atoms with van der Waals surface area (Å²) in [6.45, 7) is 31.4. The van der Waals surface area contributed by atoms with Gasteiger partial charge in [0.1, 0.15) is 22.9 Å². The number of aliphatic imine (C=N–C) groups is 1. The van der Waals surface area contributed by atoms with E-state index in [1.807, 2.05) is 50.2 Å². The second-order valence-corrected chi connectivity index (χ2v) is 19.5. The summed E-state index contributed by atoms with van der Waals surface area (Å²) in [5.74, 6) is -1.15. The summed E-state index contributed by atoms with van der Waals surface area (Å²) < 4.78 is 28.4. The smallest absolute Gasteiger partial charge is 0.299 e. The highest BCUT2D eigenvalue weighted by atomic mass is 32.1. The Morgan fingerprint density at radius 3 is 1.67 bits per heavy atom. The van der Waals surface area contributed by atoms with Gasteiger partial charge in [0, 0.05) is 50.1 Å². The van der Waals surface area contributed by atoms with E-state index in [1.165, 1.54) is 48.6 Å². The van der Waals surface area contributed by atoms with Crippen LogP contribution in [-0.2, 0) is 27.2 Å². The summed E-state index contributed by atoms with van der Waals surface area (Å²) in [5, 5.41) is 11.1. The molecular formula is C54H59F2N9O3S2. The molecule has 0 bridgehead atoms. The molecule has 0 radical (unpaired) electrons. The summed E-state index contributed by atoms with van der Waals surface area (Å²) in [7, 11) is 3.41. The zero-order chi connectivity index (χ0) is 51.6. The second kappa shape index (κ2) is 22.7. The van der Waals surface area contributed by atoms with Crippen molar-refractivity contribution in [1.82, 2.24) is 10.6 Å². The van der Waals surface area contributed by atoms with Crippen LogP contribution >= 0.6 is 24.4 Å². The van der Waals surface area contributed by atoms with Gasteiger partial charge in [0.05, 0.1) is 24.0 Å². The molecule has 3 aliphatic rings. The molecule has 0 aromatic heterocycles. The lowest BCUT2D eigenvalue weighted by atomic mass is 9.65. The van der Waals surface area contributed by atoms with Gasteiger partial charge >= 0.3 is 0 Å². The topological polar surface area (TPSA) is 119 Å². The Morgan fingerprint density at radius 2 is 1.24 bits per heavy atom. The number of amides is 3. The normalized spacial score (nSPS) is 15.9. The van der Waals surface area contributed by atoms with Gasteiger partial charge in [0.15, 0.2) is 16.5 Å². The van der Waals surface area contributed by atoms with E-state index >= 15 is 4.39 Å². The van der Waals surface area contributed by atoms with Crippen LogP contribution in [0.3, 0.4) is 0 Å². The summed E-state index contributed by atoms with van der Waals surface area (Å²) in [6.07, 6.45) is 9.50. The minimum absolute atomic E-state index is 0.0529. The van der Waals surface area contributed by atoms with Crippen LogP contribution in [0.5, 0.6) is 0 Å². The fraction of sp³-hybridized carbons (Fsp3) is 0.407. The third-order valence-electron chi connectivity index (χ3n) is 13.7. The zero-order valence-electron chi connectivity index (χ0n) is 41.0. The minimum atomic E-state index is -1.02. The maximum Gasteiger partial charge on any atom is 0.299 e. The number of isothiocyanates is 1. The lowest BCUT2D eigenvalue weighted by Gasteiger charge is -2.40. The molecule has 4 aromatic rings. The number of anilines is 3. The number of benzene rings is 4. The van der Waals surface area contributed by atoms with Crippen LogP contribution in [0.25, 0.3) is 14.5 Å². The molecule has 3 amide bonds. The number of rotatable bonds is 13. The van der Waals surface area contributed by atoms with E-state index in [0.29, 0.717) is 11.3 Å². The predicted molar refractivity (Wildman–Crippen MR) is 281 cm³/mol. The van der Waals surface area contributed by atoms with Crippen LogP contribution in [0.4, 0.5) is 42.9 Å². The van der Waals surface area contributed by atoms with Crippen LogP contribution in [0, 0.1) is 56.0 Å². The van der Waals surface area contributed by atoms with Crippen LogP contribution in [0.15, 0.2) is 77.8 Å². The first-order valence-corrected chi connectivity index (χ1v) is 23.9. The van der Waals surface area contributed by atoms with Crippen molar-refractivity contribution in [1.29, 1.82) is 0 Å². The fourth-order valence-electron chi connectivity index (χ4n) is 8.95. The maximum atomic E-state index is 15.1. The van der Waals surface area contributed by atoms with Gasteiger partial charge in [-0.1, -0.05) is 49.2 Å². The highest BCUT2D eigenvalue weighted by Crippen LogP contribution is 2.46. The third-order valence-corrected chi connectivity index (χ3v) is 14.1. The number of hydrogen-bond acceptors (Lipinski definition) is 7. The lowest BCUT2D eigenvalue weighted by Crippen LogP contribution is -2.44. The lowest BCUT2D eigenvalue weighted by molar-refractivity contribution is -0.136. The van der Waals surface area contributed by atoms with Crippen molar-refractivity contribution in [2.24, 2.45) is 15.8 Å². The van der Waals surface area contributed by atoms with E-state index in [-0.39, 0.29) is 56.3 Å². The van der Waals surface area contributed by atoms with Crippen molar-refractivity contribution in [3.8, 4) is 0 Å². The van der Waals surface area contributed by atoms with E-state index in [1.54, 1.807) is 32.8 Å². The largest absolute Gasteiger partial charge is 0.359 e. The molecule has 3 N–H and O–H groups in total. The summed E-state index contributed by atoms with van der Waals surface area (Å²) >= 11 is 10.0. The van der Waals surface area contributed by atoms with Crippen molar-refractivity contribution in [2.45, 2.75) is 117 Å². The summed E-state index contributed by atoms with van der Waals surface area (Å²) in [6, 6.07) is 21.9. The summed E-state index contributed by atoms with van der Waals surface area (Å²) in [4.78, 5) is 54.3. The maximum absolute atomic E-state index is 15.1. The molecule has 16 heteroatoms. The van der Waals surface area contributed by atoms with Gasteiger partial charge in [-0.3, -0.25) is 24.1 Å². The van der Waals surface area contributed by atoms with Crippen LogP contribution in [0.1, 0.15) is 101 Å². The van der Waals surface area contributed by atoms with Gasteiger partial charge in [0.25, 0.3) is 11.6 Å². The highest BCUT2D eigenvalue weighted by molar-refractivity contribution is 7.81. The first kappa shape index (κ1) is 54.1. The number of nitrogens with one attached hydrogen (secondary N) is 3. The molecule has 4 aromatic carbocycles. The molecule has 3 fully saturated rings. The molecule has 0 spiro atoms. The van der Waals surface area contributed by atoms with Gasteiger partial charge in [0.2, 0.25) is 11.8 Å². The standard InChI is InChI=1S/C27H29FN4O2S.C18H25N3O.C9H5FN2S/c1-17-20(29-4)11-12-21(22(17)28)31-24(34)26(2,3)32(25(31)35)19-9-7-18(8-10-19)13-16-27(14-6-15-27)23(33)30-5;1-17(2,20-4)21-15-8-6-14(7-9-15)10-13-18(11-5-12-18)16(22)19-3;1-6-7(11-2)3-4-8(9(6)10)12-5-13/h7-12H,6,13-16H2,1-3,5H3,(H,30,33);6-9,21H,5,10-13H2,1-3H3,(H,19,22);3-4H,1H3. The third kappa shape index (κ3) is 11.6. The molecule has 364 valence electrons. The number of halogens is 2. The zero-order valence-corrected chi connectivity index (χ0v) is 42.6. The molecule has 7 rings (SSSR count). The van der Waals surface area contributed by atoms with Gasteiger partial charge in [-0.25, -0.2) is 25.0 Å². The number of thiocarbonyl (C=S) groups is 2. The van der Waals surface area contributed by atoms with E-state index in [2.05, 4.69) is 65.0 Å². The Kier molecular flexibility index (Phi) is 17.5. The van der Waals surface area contributed by atoms with Gasteiger partial charge in [-0.05, 0) is 162 Å². The first-order valence-electron chi connectivity index (χ1n) is 23.1. The van der Waals surface area contributed by atoms with E-state index in [4.69, 9.17) is 31.9 Å². The quantitative estimate of drug-likeness (QED) is 0.0693. The van der Waals surface area contributed by atoms with Gasteiger partial charge in [-0.15, -0.1) is 0 Å². The average Bonchev–Trinajstić information content (AvgIpc) is 3.50. The van der Waals surface area contributed by atoms with Crippen molar-refractivity contribution < 1.29 is 23.2 Å². The Bertz CT molecular complexity index is 2810. The number of nitrogens with zero attached hydrogens (tertiary/aromatic N) is 6. The molecule has 1 aliphatic heterocycles. The second-order valence-electron chi connectivity index (χ2n) is 18.9.